The van der Waals surface area contributed by atoms with Crippen molar-refractivity contribution in [3.8, 4) is 5.82 Å². The first-order chi connectivity index (χ1) is 7.72. The maximum atomic E-state index is 5.61. The standard InChI is InChI=1S/C11H15N5/c1-8(2)9-3-6-16(15-9)11-10(7-12)13-4-5-14-11/h3-6,8H,7,12H2,1-2H3. The van der Waals surface area contributed by atoms with Crippen LogP contribution in [-0.4, -0.2) is 19.7 Å². The molecular formula is C11H15N5. The lowest BCUT2D eigenvalue weighted by atomic mass is 10.1. The summed E-state index contributed by atoms with van der Waals surface area (Å²) in [5.74, 6) is 1.11. The summed E-state index contributed by atoms with van der Waals surface area (Å²) >= 11 is 0. The largest absolute Gasteiger partial charge is 0.325 e. The second-order valence-corrected chi connectivity index (χ2v) is 3.87. The molecule has 16 heavy (non-hydrogen) atoms. The van der Waals surface area contributed by atoms with E-state index in [9.17, 15) is 0 Å². The van der Waals surface area contributed by atoms with Gasteiger partial charge in [0.1, 0.15) is 0 Å². The highest BCUT2D eigenvalue weighted by Crippen LogP contribution is 2.13. The third-order valence-electron chi connectivity index (χ3n) is 2.36. The number of nitrogens with two attached hydrogens (primary N) is 1. The zero-order valence-corrected chi connectivity index (χ0v) is 9.46. The molecule has 5 nitrogen and oxygen atoms in total. The van der Waals surface area contributed by atoms with E-state index in [1.807, 2.05) is 12.3 Å². The lowest BCUT2D eigenvalue weighted by Crippen LogP contribution is -2.09. The number of hydrogen-bond donors (Lipinski definition) is 1. The van der Waals surface area contributed by atoms with Crippen molar-refractivity contribution in [1.29, 1.82) is 0 Å². The Morgan fingerprint density at radius 2 is 2.06 bits per heavy atom. The van der Waals surface area contributed by atoms with Crippen molar-refractivity contribution >= 4 is 0 Å². The second kappa shape index (κ2) is 4.40. The zero-order valence-electron chi connectivity index (χ0n) is 9.46. The monoisotopic (exact) mass is 217 g/mol. The van der Waals surface area contributed by atoms with Gasteiger partial charge < -0.3 is 5.73 Å². The molecule has 0 spiro atoms. The van der Waals surface area contributed by atoms with Crippen molar-refractivity contribution < 1.29 is 0 Å². The Labute approximate surface area is 94.3 Å². The SMILES string of the molecule is CC(C)c1ccn(-c2nccnc2CN)n1. The molecule has 0 bridgehead atoms. The normalized spacial score (nSPS) is 11.0. The Hall–Kier alpha value is -1.75. The van der Waals surface area contributed by atoms with Crippen LogP contribution in [0.3, 0.4) is 0 Å². The summed E-state index contributed by atoms with van der Waals surface area (Å²) in [7, 11) is 0. The maximum Gasteiger partial charge on any atom is 0.176 e. The predicted octanol–water partition coefficient (Wildman–Crippen LogP) is 1.24. The van der Waals surface area contributed by atoms with Crippen LogP contribution in [0.5, 0.6) is 0 Å². The quantitative estimate of drug-likeness (QED) is 0.839. The molecule has 2 aromatic heterocycles. The van der Waals surface area contributed by atoms with E-state index in [2.05, 4.69) is 28.9 Å². The molecule has 0 unspecified atom stereocenters. The summed E-state index contributed by atoms with van der Waals surface area (Å²) in [5, 5.41) is 4.45. The molecule has 2 aromatic rings. The van der Waals surface area contributed by atoms with Crippen LogP contribution in [0.2, 0.25) is 0 Å². The van der Waals surface area contributed by atoms with Gasteiger partial charge in [0.15, 0.2) is 5.82 Å². The Kier molecular flexibility index (Phi) is 2.96. The van der Waals surface area contributed by atoms with Gasteiger partial charge in [-0.15, -0.1) is 0 Å². The molecule has 0 aliphatic rings. The molecule has 0 aliphatic heterocycles. The zero-order chi connectivity index (χ0) is 11.5. The van der Waals surface area contributed by atoms with Crippen LogP contribution in [0, 0.1) is 0 Å². The Bertz CT molecular complexity index is 475. The third kappa shape index (κ3) is 1.94. The number of hydrogen-bond acceptors (Lipinski definition) is 4. The van der Waals surface area contributed by atoms with E-state index in [0.717, 1.165) is 11.4 Å². The molecular weight excluding hydrogens is 202 g/mol. The van der Waals surface area contributed by atoms with Gasteiger partial charge in [0.25, 0.3) is 0 Å². The van der Waals surface area contributed by atoms with E-state index in [1.165, 1.54) is 0 Å². The summed E-state index contributed by atoms with van der Waals surface area (Å²) in [6, 6.07) is 1.99. The molecule has 0 aromatic carbocycles. The fourth-order valence-electron chi connectivity index (χ4n) is 1.46. The topological polar surface area (TPSA) is 69.6 Å². The van der Waals surface area contributed by atoms with Crippen LogP contribution >= 0.6 is 0 Å². The highest BCUT2D eigenvalue weighted by molar-refractivity contribution is 5.27. The molecule has 0 amide bonds. The van der Waals surface area contributed by atoms with E-state index in [-0.39, 0.29) is 0 Å². The van der Waals surface area contributed by atoms with E-state index in [1.54, 1.807) is 17.1 Å². The van der Waals surface area contributed by atoms with Crippen molar-refractivity contribution in [2.24, 2.45) is 5.73 Å². The Morgan fingerprint density at radius 3 is 2.69 bits per heavy atom. The summed E-state index contributed by atoms with van der Waals surface area (Å²) in [6.45, 7) is 4.57. The summed E-state index contributed by atoms with van der Waals surface area (Å²) in [5.41, 5.74) is 7.40. The van der Waals surface area contributed by atoms with Crippen LogP contribution in [0.15, 0.2) is 24.7 Å². The molecule has 5 heteroatoms. The molecule has 2 rings (SSSR count). The maximum absolute atomic E-state index is 5.61. The first kappa shape index (κ1) is 10.8. The van der Waals surface area contributed by atoms with Gasteiger partial charge in [-0.1, -0.05) is 13.8 Å². The van der Waals surface area contributed by atoms with Crippen molar-refractivity contribution in [2.75, 3.05) is 0 Å². The van der Waals surface area contributed by atoms with Crippen molar-refractivity contribution in [2.45, 2.75) is 26.3 Å². The highest BCUT2D eigenvalue weighted by Gasteiger charge is 2.09. The van der Waals surface area contributed by atoms with Gasteiger partial charge in [-0.3, -0.25) is 4.98 Å². The van der Waals surface area contributed by atoms with E-state index in [0.29, 0.717) is 18.3 Å². The predicted molar refractivity (Wildman–Crippen MR) is 61.1 cm³/mol. The van der Waals surface area contributed by atoms with Gasteiger partial charge in [0.2, 0.25) is 0 Å². The Balaban J connectivity index is 2.42. The third-order valence-corrected chi connectivity index (χ3v) is 2.36. The lowest BCUT2D eigenvalue weighted by molar-refractivity contribution is 0.743. The summed E-state index contributed by atoms with van der Waals surface area (Å²) in [4.78, 5) is 8.43. The molecule has 2 heterocycles. The number of aromatic nitrogens is 4. The van der Waals surface area contributed by atoms with Crippen LogP contribution in [-0.2, 0) is 6.54 Å². The Morgan fingerprint density at radius 1 is 1.31 bits per heavy atom. The average Bonchev–Trinajstić information content (AvgIpc) is 2.78. The van der Waals surface area contributed by atoms with Gasteiger partial charge >= 0.3 is 0 Å². The second-order valence-electron chi connectivity index (χ2n) is 3.87. The van der Waals surface area contributed by atoms with Crippen LogP contribution in [0.25, 0.3) is 5.82 Å². The summed E-state index contributed by atoms with van der Waals surface area (Å²) < 4.78 is 1.73. The molecule has 0 fully saturated rings. The lowest BCUT2D eigenvalue weighted by Gasteiger charge is -2.05. The van der Waals surface area contributed by atoms with E-state index >= 15 is 0 Å². The minimum Gasteiger partial charge on any atom is -0.325 e. The van der Waals surface area contributed by atoms with Gasteiger partial charge in [0.05, 0.1) is 11.4 Å². The van der Waals surface area contributed by atoms with E-state index in [4.69, 9.17) is 5.73 Å². The molecule has 84 valence electrons. The first-order valence-corrected chi connectivity index (χ1v) is 5.28. The summed E-state index contributed by atoms with van der Waals surface area (Å²) in [6.07, 6.45) is 5.17. The number of nitrogens with zero attached hydrogens (tertiary/aromatic N) is 4. The first-order valence-electron chi connectivity index (χ1n) is 5.28. The number of rotatable bonds is 3. The molecule has 0 aliphatic carbocycles. The van der Waals surface area contributed by atoms with Crippen LogP contribution in [0.1, 0.15) is 31.2 Å². The molecule has 0 radical (unpaired) electrons. The smallest absolute Gasteiger partial charge is 0.176 e. The van der Waals surface area contributed by atoms with Crippen molar-refractivity contribution in [3.05, 3.63) is 36.0 Å². The highest BCUT2D eigenvalue weighted by atomic mass is 15.3. The van der Waals surface area contributed by atoms with E-state index < -0.39 is 0 Å². The van der Waals surface area contributed by atoms with Gasteiger partial charge in [-0.2, -0.15) is 5.10 Å². The van der Waals surface area contributed by atoms with Crippen LogP contribution < -0.4 is 5.73 Å². The minimum atomic E-state index is 0.361. The van der Waals surface area contributed by atoms with Crippen LogP contribution in [0.4, 0.5) is 0 Å². The molecule has 0 saturated heterocycles. The van der Waals surface area contributed by atoms with Crippen molar-refractivity contribution in [1.82, 2.24) is 19.7 Å². The minimum absolute atomic E-state index is 0.361. The molecule has 0 atom stereocenters. The average molecular weight is 217 g/mol. The van der Waals surface area contributed by atoms with Crippen molar-refractivity contribution in [3.63, 3.8) is 0 Å². The van der Waals surface area contributed by atoms with Gasteiger partial charge in [0, 0.05) is 25.1 Å². The molecule has 0 saturated carbocycles. The fraction of sp³-hybridized carbons (Fsp3) is 0.364. The molecule has 2 N–H and O–H groups in total. The van der Waals surface area contributed by atoms with Gasteiger partial charge in [-0.25, -0.2) is 9.67 Å². The van der Waals surface area contributed by atoms with Gasteiger partial charge in [-0.05, 0) is 12.0 Å². The fourth-order valence-corrected chi connectivity index (χ4v) is 1.46.